The fourth-order valence-electron chi connectivity index (χ4n) is 1.69. The molecular weight excluding hydrogens is 208 g/mol. The smallest absolute Gasteiger partial charge is 0.305 e. The van der Waals surface area contributed by atoms with E-state index in [2.05, 4.69) is 17.2 Å². The Kier molecular flexibility index (Phi) is 5.45. The summed E-state index contributed by atoms with van der Waals surface area (Å²) in [7, 11) is 0. The molecule has 1 heterocycles. The highest BCUT2D eigenvalue weighted by Crippen LogP contribution is 2.15. The second kappa shape index (κ2) is 6.62. The highest BCUT2D eigenvalue weighted by molar-refractivity contribution is 5.68. The molecule has 0 spiro atoms. The van der Waals surface area contributed by atoms with Crippen molar-refractivity contribution in [2.45, 2.75) is 18.4 Å². The van der Waals surface area contributed by atoms with E-state index in [1.54, 1.807) is 0 Å². The molecule has 1 aliphatic rings. The van der Waals surface area contributed by atoms with Gasteiger partial charge in [0.15, 0.2) is 0 Å². The summed E-state index contributed by atoms with van der Waals surface area (Å²) in [4.78, 5) is 10.7. The van der Waals surface area contributed by atoms with E-state index in [0.29, 0.717) is 32.8 Å². The second-order valence-corrected chi connectivity index (χ2v) is 4.07. The molecule has 0 amide bonds. The van der Waals surface area contributed by atoms with E-state index in [0.717, 1.165) is 6.42 Å². The molecule has 1 saturated heterocycles. The van der Waals surface area contributed by atoms with Gasteiger partial charge in [-0.05, 0) is 6.42 Å². The summed E-state index contributed by atoms with van der Waals surface area (Å²) in [5.41, 5.74) is -0.270. The molecule has 0 aromatic rings. The Morgan fingerprint density at radius 1 is 1.56 bits per heavy atom. The summed E-state index contributed by atoms with van der Waals surface area (Å²) < 4.78 is 5.34. The molecule has 0 radical (unpaired) electrons. The van der Waals surface area contributed by atoms with Gasteiger partial charge in [-0.15, -0.1) is 6.58 Å². The number of carboxylic acid groups (broad SMARTS) is 1. The molecule has 0 atom stereocenters. The minimum atomic E-state index is -0.762. The Hall–Kier alpha value is -0.910. The highest BCUT2D eigenvalue weighted by Gasteiger charge is 2.38. The Morgan fingerprint density at radius 2 is 2.31 bits per heavy atom. The molecule has 5 heteroatoms. The predicted octanol–water partition coefficient (Wildman–Crippen LogP) is -0.0146. The largest absolute Gasteiger partial charge is 0.481 e. The minimum absolute atomic E-state index is 0.159. The van der Waals surface area contributed by atoms with Gasteiger partial charge in [0.1, 0.15) is 0 Å². The van der Waals surface area contributed by atoms with Crippen LogP contribution in [0.2, 0.25) is 0 Å². The first-order valence-electron chi connectivity index (χ1n) is 5.55. The van der Waals surface area contributed by atoms with Crippen LogP contribution in [0.15, 0.2) is 12.7 Å². The van der Waals surface area contributed by atoms with Crippen LogP contribution < -0.4 is 10.6 Å². The van der Waals surface area contributed by atoms with E-state index >= 15 is 0 Å². The second-order valence-electron chi connectivity index (χ2n) is 4.07. The van der Waals surface area contributed by atoms with Crippen molar-refractivity contribution >= 4 is 5.97 Å². The van der Waals surface area contributed by atoms with Crippen molar-refractivity contribution < 1.29 is 14.6 Å². The highest BCUT2D eigenvalue weighted by atomic mass is 16.5. The maximum Gasteiger partial charge on any atom is 0.305 e. The van der Waals surface area contributed by atoms with Crippen molar-refractivity contribution in [1.82, 2.24) is 10.6 Å². The number of carboxylic acids is 1. The lowest BCUT2D eigenvalue weighted by Gasteiger charge is -2.42. The van der Waals surface area contributed by atoms with E-state index in [4.69, 9.17) is 9.84 Å². The summed E-state index contributed by atoms with van der Waals surface area (Å²) in [6, 6.07) is 0. The third-order valence-electron chi connectivity index (χ3n) is 2.63. The average Bonchev–Trinajstić information content (AvgIpc) is 2.18. The summed E-state index contributed by atoms with van der Waals surface area (Å²) >= 11 is 0. The van der Waals surface area contributed by atoms with Crippen LogP contribution in [-0.4, -0.2) is 49.5 Å². The maximum atomic E-state index is 10.7. The lowest BCUT2D eigenvalue weighted by atomic mass is 9.88. The van der Waals surface area contributed by atoms with E-state index in [1.807, 2.05) is 6.08 Å². The van der Waals surface area contributed by atoms with Crippen LogP contribution >= 0.6 is 0 Å². The molecule has 5 nitrogen and oxygen atoms in total. The lowest BCUT2D eigenvalue weighted by molar-refractivity contribution is -0.139. The first-order valence-corrected chi connectivity index (χ1v) is 5.55. The maximum absolute atomic E-state index is 10.7. The first-order chi connectivity index (χ1) is 7.68. The first kappa shape index (κ1) is 13.2. The number of carbonyl (C=O) groups is 1. The molecule has 3 N–H and O–H groups in total. The molecule has 0 aliphatic carbocycles. The van der Waals surface area contributed by atoms with Crippen molar-refractivity contribution in [2.75, 3.05) is 32.8 Å². The summed E-state index contributed by atoms with van der Waals surface area (Å²) in [6.45, 7) is 7.00. The van der Waals surface area contributed by atoms with Gasteiger partial charge in [-0.3, -0.25) is 4.79 Å². The fraction of sp³-hybridized carbons (Fsp3) is 0.727. The third kappa shape index (κ3) is 4.30. The van der Waals surface area contributed by atoms with Crippen LogP contribution in [0.25, 0.3) is 0 Å². The van der Waals surface area contributed by atoms with Crippen molar-refractivity contribution in [1.29, 1.82) is 0 Å². The molecule has 0 bridgehead atoms. The van der Waals surface area contributed by atoms with Crippen molar-refractivity contribution in [3.63, 3.8) is 0 Å². The van der Waals surface area contributed by atoms with Crippen LogP contribution in [0.3, 0.4) is 0 Å². The summed E-state index contributed by atoms with van der Waals surface area (Å²) in [6.07, 6.45) is 2.82. The SMILES string of the molecule is C=CCCOCCNC1(CC(=O)O)CNC1. The van der Waals surface area contributed by atoms with Gasteiger partial charge in [-0.2, -0.15) is 0 Å². The number of hydrogen-bond acceptors (Lipinski definition) is 4. The number of aliphatic carboxylic acids is 1. The van der Waals surface area contributed by atoms with Gasteiger partial charge >= 0.3 is 5.97 Å². The van der Waals surface area contributed by atoms with Gasteiger partial charge in [0.05, 0.1) is 25.2 Å². The van der Waals surface area contributed by atoms with Crippen LogP contribution in [-0.2, 0) is 9.53 Å². The molecule has 0 aromatic carbocycles. The van der Waals surface area contributed by atoms with E-state index < -0.39 is 5.97 Å². The Morgan fingerprint density at radius 3 is 2.81 bits per heavy atom. The summed E-state index contributed by atoms with van der Waals surface area (Å²) in [5, 5.41) is 15.1. The number of ether oxygens (including phenoxy) is 1. The fourth-order valence-corrected chi connectivity index (χ4v) is 1.69. The van der Waals surface area contributed by atoms with Gasteiger partial charge in [0.2, 0.25) is 0 Å². The zero-order valence-corrected chi connectivity index (χ0v) is 9.50. The quantitative estimate of drug-likeness (QED) is 0.382. The minimum Gasteiger partial charge on any atom is -0.481 e. The molecule has 92 valence electrons. The zero-order chi connectivity index (χ0) is 11.9. The monoisotopic (exact) mass is 228 g/mol. The zero-order valence-electron chi connectivity index (χ0n) is 9.50. The van der Waals surface area contributed by atoms with Gasteiger partial charge < -0.3 is 20.5 Å². The van der Waals surface area contributed by atoms with Gasteiger partial charge in [-0.25, -0.2) is 0 Å². The topological polar surface area (TPSA) is 70.6 Å². The van der Waals surface area contributed by atoms with Crippen LogP contribution in [0, 0.1) is 0 Å². The average molecular weight is 228 g/mol. The Bertz CT molecular complexity index is 239. The lowest BCUT2D eigenvalue weighted by Crippen LogP contribution is -2.68. The molecular formula is C11H20N2O3. The third-order valence-corrected chi connectivity index (χ3v) is 2.63. The predicted molar refractivity (Wildman–Crippen MR) is 61.5 cm³/mol. The van der Waals surface area contributed by atoms with E-state index in [1.165, 1.54) is 0 Å². The van der Waals surface area contributed by atoms with Gasteiger partial charge in [0.25, 0.3) is 0 Å². The normalized spacial score (nSPS) is 17.8. The molecule has 1 rings (SSSR count). The van der Waals surface area contributed by atoms with Gasteiger partial charge in [-0.1, -0.05) is 6.08 Å². The molecule has 16 heavy (non-hydrogen) atoms. The molecule has 0 saturated carbocycles. The van der Waals surface area contributed by atoms with E-state index in [-0.39, 0.29) is 12.0 Å². The van der Waals surface area contributed by atoms with E-state index in [9.17, 15) is 4.79 Å². The van der Waals surface area contributed by atoms with Crippen molar-refractivity contribution in [3.8, 4) is 0 Å². The van der Waals surface area contributed by atoms with Gasteiger partial charge in [0, 0.05) is 19.6 Å². The van der Waals surface area contributed by atoms with Crippen molar-refractivity contribution in [2.24, 2.45) is 0 Å². The van der Waals surface area contributed by atoms with Crippen LogP contribution in [0.5, 0.6) is 0 Å². The number of hydrogen-bond donors (Lipinski definition) is 3. The van der Waals surface area contributed by atoms with Crippen LogP contribution in [0.4, 0.5) is 0 Å². The molecule has 1 aliphatic heterocycles. The van der Waals surface area contributed by atoms with Crippen LogP contribution in [0.1, 0.15) is 12.8 Å². The molecule has 0 unspecified atom stereocenters. The standard InChI is InChI=1S/C11H20N2O3/c1-2-3-5-16-6-4-13-11(7-10(14)15)8-12-9-11/h2,12-13H,1,3-9H2,(H,14,15). The summed E-state index contributed by atoms with van der Waals surface area (Å²) in [5.74, 6) is -0.762. The molecule has 1 fully saturated rings. The Labute approximate surface area is 95.9 Å². The molecule has 0 aromatic heterocycles. The number of rotatable bonds is 9. The van der Waals surface area contributed by atoms with Crippen molar-refractivity contribution in [3.05, 3.63) is 12.7 Å². The Balaban J connectivity index is 2.09. The number of nitrogens with one attached hydrogen (secondary N) is 2.